The lowest BCUT2D eigenvalue weighted by Gasteiger charge is -2.28. The summed E-state index contributed by atoms with van der Waals surface area (Å²) >= 11 is 0. The van der Waals surface area contributed by atoms with Crippen molar-refractivity contribution in [2.45, 2.75) is 38.6 Å². The minimum atomic E-state index is 0.0531. The lowest BCUT2D eigenvalue weighted by Crippen LogP contribution is -2.37. The van der Waals surface area contributed by atoms with Crippen LogP contribution in [0.15, 0.2) is 0 Å². The van der Waals surface area contributed by atoms with E-state index in [-0.39, 0.29) is 18.6 Å². The van der Waals surface area contributed by atoms with Crippen LogP contribution in [-0.4, -0.2) is 45.9 Å². The molecule has 1 aliphatic carbocycles. The molecule has 1 aromatic rings. The number of aromatic nitrogens is 3. The third-order valence-corrected chi connectivity index (χ3v) is 3.37. The summed E-state index contributed by atoms with van der Waals surface area (Å²) in [4.78, 5) is 14.6. The molecule has 0 amide bonds. The zero-order chi connectivity index (χ0) is 14.4. The highest BCUT2D eigenvalue weighted by atomic mass is 16.5. The van der Waals surface area contributed by atoms with Gasteiger partial charge < -0.3 is 14.7 Å². The number of nitrogens with two attached hydrogens (primary N) is 1. The normalized spacial score (nSPS) is 15.3. The smallest absolute Gasteiger partial charge is 0.323 e. The molecule has 2 rings (SSSR count). The third-order valence-electron chi connectivity index (χ3n) is 3.37. The lowest BCUT2D eigenvalue weighted by atomic mass is 10.2. The Labute approximate surface area is 118 Å². The standard InChI is InChI=1S/C12H22N6O2/c1-2-20-12-15-10(17-13)14-11(16-12)18(7-8-19)9-5-3-4-6-9/h9,19H,2-8,13H2,1H3,(H,14,15,16,17). The van der Waals surface area contributed by atoms with Crippen molar-refractivity contribution in [3.63, 3.8) is 0 Å². The van der Waals surface area contributed by atoms with Gasteiger partial charge in [-0.25, -0.2) is 5.84 Å². The number of rotatable bonds is 7. The van der Waals surface area contributed by atoms with Crippen LogP contribution >= 0.6 is 0 Å². The molecule has 1 aromatic heterocycles. The largest absolute Gasteiger partial charge is 0.464 e. The van der Waals surface area contributed by atoms with Crippen LogP contribution < -0.4 is 20.9 Å². The van der Waals surface area contributed by atoms with E-state index >= 15 is 0 Å². The van der Waals surface area contributed by atoms with E-state index in [1.165, 1.54) is 12.8 Å². The summed E-state index contributed by atoms with van der Waals surface area (Å²) < 4.78 is 5.33. The molecule has 0 saturated heterocycles. The molecule has 8 heteroatoms. The molecule has 20 heavy (non-hydrogen) atoms. The maximum Gasteiger partial charge on any atom is 0.323 e. The van der Waals surface area contributed by atoms with Crippen molar-refractivity contribution in [3.8, 4) is 6.01 Å². The van der Waals surface area contributed by atoms with Gasteiger partial charge in [-0.15, -0.1) is 0 Å². The summed E-state index contributed by atoms with van der Waals surface area (Å²) in [5.41, 5.74) is 2.42. The first-order chi connectivity index (χ1) is 9.78. The molecule has 0 atom stereocenters. The van der Waals surface area contributed by atoms with E-state index in [0.717, 1.165) is 12.8 Å². The van der Waals surface area contributed by atoms with Gasteiger partial charge in [0.2, 0.25) is 11.9 Å². The molecule has 8 nitrogen and oxygen atoms in total. The fourth-order valence-corrected chi connectivity index (χ4v) is 2.50. The number of anilines is 2. The number of ether oxygens (including phenoxy) is 1. The fourth-order valence-electron chi connectivity index (χ4n) is 2.50. The third kappa shape index (κ3) is 3.45. The fraction of sp³-hybridized carbons (Fsp3) is 0.750. The predicted molar refractivity (Wildman–Crippen MR) is 75.5 cm³/mol. The maximum absolute atomic E-state index is 9.27. The van der Waals surface area contributed by atoms with E-state index in [0.29, 0.717) is 25.1 Å². The molecule has 4 N–H and O–H groups in total. The van der Waals surface area contributed by atoms with Crippen LogP contribution in [-0.2, 0) is 0 Å². The Balaban J connectivity index is 2.27. The van der Waals surface area contributed by atoms with E-state index in [4.69, 9.17) is 10.6 Å². The van der Waals surface area contributed by atoms with Gasteiger partial charge in [0, 0.05) is 12.6 Å². The Morgan fingerprint density at radius 3 is 2.70 bits per heavy atom. The quantitative estimate of drug-likeness (QED) is 0.484. The second-order valence-electron chi connectivity index (χ2n) is 4.67. The summed E-state index contributed by atoms with van der Waals surface area (Å²) in [6, 6.07) is 0.594. The molecule has 0 spiro atoms. The van der Waals surface area contributed by atoms with Crippen LogP contribution in [0.1, 0.15) is 32.6 Å². The Morgan fingerprint density at radius 2 is 2.10 bits per heavy atom. The van der Waals surface area contributed by atoms with Crippen LogP contribution in [0, 0.1) is 0 Å². The topological polar surface area (TPSA) is 109 Å². The first-order valence-corrected chi connectivity index (χ1v) is 7.01. The van der Waals surface area contributed by atoms with E-state index in [9.17, 15) is 5.11 Å². The summed E-state index contributed by atoms with van der Waals surface area (Å²) in [6.45, 7) is 2.88. The number of nitrogen functional groups attached to an aromatic ring is 1. The highest BCUT2D eigenvalue weighted by Crippen LogP contribution is 2.27. The molecule has 112 valence electrons. The van der Waals surface area contributed by atoms with E-state index in [1.807, 2.05) is 11.8 Å². The van der Waals surface area contributed by atoms with Crippen molar-refractivity contribution in [1.82, 2.24) is 15.0 Å². The summed E-state index contributed by atoms with van der Waals surface area (Å²) in [6.07, 6.45) is 4.55. The number of hydrogen-bond donors (Lipinski definition) is 3. The van der Waals surface area contributed by atoms with Crippen molar-refractivity contribution in [1.29, 1.82) is 0 Å². The van der Waals surface area contributed by atoms with Gasteiger partial charge in [0.25, 0.3) is 0 Å². The monoisotopic (exact) mass is 282 g/mol. The van der Waals surface area contributed by atoms with E-state index < -0.39 is 0 Å². The van der Waals surface area contributed by atoms with Crippen molar-refractivity contribution in [3.05, 3.63) is 0 Å². The van der Waals surface area contributed by atoms with E-state index in [1.54, 1.807) is 0 Å². The molecule has 0 aromatic carbocycles. The molecule has 0 aliphatic heterocycles. The zero-order valence-electron chi connectivity index (χ0n) is 11.7. The van der Waals surface area contributed by atoms with Gasteiger partial charge in [-0.3, -0.25) is 5.43 Å². The Kier molecular flexibility index (Phi) is 5.31. The van der Waals surface area contributed by atoms with Crippen molar-refractivity contribution in [2.75, 3.05) is 30.1 Å². The van der Waals surface area contributed by atoms with Gasteiger partial charge in [0.1, 0.15) is 0 Å². The van der Waals surface area contributed by atoms with Crippen LogP contribution in [0.5, 0.6) is 6.01 Å². The molecule has 0 unspecified atom stereocenters. The van der Waals surface area contributed by atoms with Gasteiger partial charge >= 0.3 is 6.01 Å². The Hall–Kier alpha value is -1.67. The first-order valence-electron chi connectivity index (χ1n) is 7.01. The second-order valence-corrected chi connectivity index (χ2v) is 4.67. The molecular weight excluding hydrogens is 260 g/mol. The maximum atomic E-state index is 9.27. The van der Waals surface area contributed by atoms with Crippen molar-refractivity contribution < 1.29 is 9.84 Å². The van der Waals surface area contributed by atoms with Crippen molar-refractivity contribution in [2.24, 2.45) is 5.84 Å². The van der Waals surface area contributed by atoms with Crippen LogP contribution in [0.2, 0.25) is 0 Å². The second kappa shape index (κ2) is 7.20. The molecule has 0 bridgehead atoms. The number of nitrogens with one attached hydrogen (secondary N) is 1. The molecule has 0 radical (unpaired) electrons. The minimum Gasteiger partial charge on any atom is -0.464 e. The van der Waals surface area contributed by atoms with Gasteiger partial charge in [0.15, 0.2) is 0 Å². The van der Waals surface area contributed by atoms with Crippen LogP contribution in [0.4, 0.5) is 11.9 Å². The number of hydrazine groups is 1. The zero-order valence-corrected chi connectivity index (χ0v) is 11.7. The SMILES string of the molecule is CCOc1nc(NN)nc(N(CCO)C2CCCC2)n1. The number of aliphatic hydroxyl groups is 1. The summed E-state index contributed by atoms with van der Waals surface area (Å²) in [5.74, 6) is 6.15. The number of hydrogen-bond acceptors (Lipinski definition) is 8. The molecule has 1 saturated carbocycles. The summed E-state index contributed by atoms with van der Waals surface area (Å²) in [7, 11) is 0. The predicted octanol–water partition coefficient (Wildman–Crippen LogP) is 0.297. The minimum absolute atomic E-state index is 0.0531. The molecule has 1 aliphatic rings. The number of aliphatic hydroxyl groups excluding tert-OH is 1. The first kappa shape index (κ1) is 14.7. The highest BCUT2D eigenvalue weighted by molar-refractivity contribution is 5.39. The van der Waals surface area contributed by atoms with Gasteiger partial charge in [-0.2, -0.15) is 15.0 Å². The Morgan fingerprint density at radius 1 is 1.35 bits per heavy atom. The lowest BCUT2D eigenvalue weighted by molar-refractivity contribution is 0.294. The summed E-state index contributed by atoms with van der Waals surface area (Å²) in [5, 5.41) is 9.27. The molecular formula is C12H22N6O2. The van der Waals surface area contributed by atoms with Crippen LogP contribution in [0.3, 0.4) is 0 Å². The highest BCUT2D eigenvalue weighted by Gasteiger charge is 2.25. The van der Waals surface area contributed by atoms with Gasteiger partial charge in [0.05, 0.1) is 13.2 Å². The van der Waals surface area contributed by atoms with Crippen LogP contribution in [0.25, 0.3) is 0 Å². The van der Waals surface area contributed by atoms with Gasteiger partial charge in [-0.1, -0.05) is 12.8 Å². The molecule has 1 heterocycles. The average molecular weight is 282 g/mol. The average Bonchev–Trinajstić information content (AvgIpc) is 2.98. The number of nitrogens with zero attached hydrogens (tertiary/aromatic N) is 4. The van der Waals surface area contributed by atoms with Crippen molar-refractivity contribution >= 4 is 11.9 Å². The Bertz CT molecular complexity index is 424. The van der Waals surface area contributed by atoms with E-state index in [2.05, 4.69) is 20.4 Å². The molecule has 1 fully saturated rings. The van der Waals surface area contributed by atoms with Gasteiger partial charge in [-0.05, 0) is 19.8 Å².